The summed E-state index contributed by atoms with van der Waals surface area (Å²) in [5.74, 6) is -1.67. The number of fused-ring (bicyclic) bond motifs is 2. The summed E-state index contributed by atoms with van der Waals surface area (Å²) >= 11 is 6.99. The molecule has 3 aliphatic rings. The fourth-order valence-corrected chi connectivity index (χ4v) is 7.17. The first-order chi connectivity index (χ1) is 16.5. The molecule has 3 rings (SSSR count). The third-order valence-corrected chi connectivity index (χ3v) is 10.4. The molecule has 6 atom stereocenters. The average molecular weight is 625 g/mol. The number of hydrogen-bond donors (Lipinski definition) is 1. The van der Waals surface area contributed by atoms with Gasteiger partial charge in [0.1, 0.15) is 11.0 Å². The van der Waals surface area contributed by atoms with Gasteiger partial charge in [-0.25, -0.2) is 0 Å². The van der Waals surface area contributed by atoms with Gasteiger partial charge in [0.15, 0.2) is 0 Å². The van der Waals surface area contributed by atoms with Crippen molar-refractivity contribution in [2.75, 3.05) is 6.61 Å². The van der Waals surface area contributed by atoms with Crippen molar-refractivity contribution in [2.45, 2.75) is 168 Å². The van der Waals surface area contributed by atoms with Gasteiger partial charge in [0.2, 0.25) is 6.29 Å². The van der Waals surface area contributed by atoms with E-state index in [1.165, 1.54) is 0 Å². The number of halogens is 1. The number of carbonyl (C=O) groups is 3. The number of esters is 2. The fourth-order valence-electron chi connectivity index (χ4n) is 6.83. The zero-order chi connectivity index (χ0) is 27.2. The van der Waals surface area contributed by atoms with Crippen LogP contribution < -0.4 is 0 Å². The van der Waals surface area contributed by atoms with E-state index in [2.05, 4.69) is 20.8 Å². The Kier molecular flexibility index (Phi) is 18.9. The van der Waals surface area contributed by atoms with Crippen LogP contribution in [0.3, 0.4) is 0 Å². The van der Waals surface area contributed by atoms with Crippen molar-refractivity contribution >= 4 is 29.5 Å². The van der Waals surface area contributed by atoms with Crippen molar-refractivity contribution in [3.8, 4) is 0 Å². The minimum Gasteiger partial charge on any atom is -0.481 e. The molecule has 6 unspecified atom stereocenters. The van der Waals surface area contributed by atoms with Crippen LogP contribution in [0.1, 0.15) is 151 Å². The SMILES string of the molecule is C.C.C.C.C.C.CCC(Cl)(CC(C)(CC(C)(C)C(=O)O)C(=O)OC1CCCCO1)C(=O)OC1CC2CCC1(C)C2(C)C. The second-order valence-corrected chi connectivity index (χ2v) is 13.9. The Hall–Kier alpha value is -1.34. The highest BCUT2D eigenvalue weighted by Gasteiger charge is 2.63. The topological polar surface area (TPSA) is 99.1 Å². The molecule has 2 aliphatic carbocycles. The van der Waals surface area contributed by atoms with Crippen LogP contribution in [0.4, 0.5) is 0 Å². The minimum atomic E-state index is -1.49. The fraction of sp³-hybridized carbons (Fsp3) is 0.912. The molecule has 2 saturated carbocycles. The molecule has 3 fully saturated rings. The molecule has 0 radical (unpaired) electrons. The molecular formula is C34H69ClO7. The summed E-state index contributed by atoms with van der Waals surface area (Å²) < 4.78 is 17.4. The van der Waals surface area contributed by atoms with Crippen LogP contribution in [0.15, 0.2) is 0 Å². The quantitative estimate of drug-likeness (QED) is 0.191. The molecule has 0 aromatic carbocycles. The number of ether oxygens (including phenoxy) is 3. The second kappa shape index (κ2) is 16.7. The van der Waals surface area contributed by atoms with Gasteiger partial charge in [-0.3, -0.25) is 14.4 Å². The van der Waals surface area contributed by atoms with Gasteiger partial charge in [0.25, 0.3) is 0 Å². The maximum atomic E-state index is 13.6. The molecule has 7 nitrogen and oxygen atoms in total. The van der Waals surface area contributed by atoms with Gasteiger partial charge in [0.05, 0.1) is 17.4 Å². The molecule has 0 aromatic heterocycles. The zero-order valence-corrected chi connectivity index (χ0v) is 23.8. The molecule has 1 heterocycles. The van der Waals surface area contributed by atoms with E-state index in [0.717, 1.165) is 32.1 Å². The van der Waals surface area contributed by atoms with E-state index < -0.39 is 39.9 Å². The molecule has 1 aliphatic heterocycles. The molecule has 8 heteroatoms. The van der Waals surface area contributed by atoms with Crippen LogP contribution in [0, 0.1) is 27.6 Å². The average Bonchev–Trinajstić information content (AvgIpc) is 3.12. The number of alkyl halides is 1. The van der Waals surface area contributed by atoms with Crippen molar-refractivity contribution < 1.29 is 33.7 Å². The van der Waals surface area contributed by atoms with Crippen LogP contribution in [0.2, 0.25) is 0 Å². The highest BCUT2D eigenvalue weighted by atomic mass is 35.5. The van der Waals surface area contributed by atoms with Crippen LogP contribution in [0.5, 0.6) is 0 Å². The molecule has 0 aromatic rings. The van der Waals surface area contributed by atoms with E-state index in [1.807, 2.05) is 0 Å². The third kappa shape index (κ3) is 8.86. The van der Waals surface area contributed by atoms with Crippen molar-refractivity contribution in [3.63, 3.8) is 0 Å². The summed E-state index contributed by atoms with van der Waals surface area (Å²) in [5.41, 5.74) is -2.62. The Morgan fingerprint density at radius 1 is 0.905 bits per heavy atom. The summed E-state index contributed by atoms with van der Waals surface area (Å²) in [6.07, 6.45) is 4.53. The summed E-state index contributed by atoms with van der Waals surface area (Å²) in [7, 11) is 0. The van der Waals surface area contributed by atoms with Crippen molar-refractivity contribution in [1.29, 1.82) is 0 Å². The van der Waals surface area contributed by atoms with Crippen molar-refractivity contribution in [2.24, 2.45) is 27.6 Å². The zero-order valence-electron chi connectivity index (χ0n) is 23.1. The monoisotopic (exact) mass is 624 g/mol. The lowest BCUT2D eigenvalue weighted by atomic mass is 9.69. The lowest BCUT2D eigenvalue weighted by Crippen LogP contribution is -2.48. The van der Waals surface area contributed by atoms with E-state index >= 15 is 0 Å². The first-order valence-corrected chi connectivity index (χ1v) is 13.8. The van der Waals surface area contributed by atoms with Crippen LogP contribution >= 0.6 is 11.6 Å². The summed E-state index contributed by atoms with van der Waals surface area (Å²) in [6.45, 7) is 13.8. The normalized spacial score (nSPS) is 28.1. The van der Waals surface area contributed by atoms with E-state index in [4.69, 9.17) is 25.8 Å². The maximum absolute atomic E-state index is 13.6. The molecule has 42 heavy (non-hydrogen) atoms. The van der Waals surface area contributed by atoms with E-state index in [9.17, 15) is 19.5 Å². The lowest BCUT2D eigenvalue weighted by Gasteiger charge is -2.41. The second-order valence-electron chi connectivity index (χ2n) is 13.1. The maximum Gasteiger partial charge on any atom is 0.327 e. The first-order valence-electron chi connectivity index (χ1n) is 13.5. The largest absolute Gasteiger partial charge is 0.481 e. The number of aliphatic carboxylic acids is 1. The highest BCUT2D eigenvalue weighted by Crippen LogP contribution is 2.66. The first kappa shape index (κ1) is 47.6. The highest BCUT2D eigenvalue weighted by molar-refractivity contribution is 6.34. The Morgan fingerprint density at radius 3 is 1.88 bits per heavy atom. The van der Waals surface area contributed by atoms with Gasteiger partial charge in [-0.1, -0.05) is 72.3 Å². The number of carboxylic acid groups (broad SMARTS) is 1. The molecule has 0 spiro atoms. The predicted molar refractivity (Wildman–Crippen MR) is 177 cm³/mol. The minimum absolute atomic E-state index is 0. The summed E-state index contributed by atoms with van der Waals surface area (Å²) in [5, 5.41) is 9.80. The number of hydrogen-bond acceptors (Lipinski definition) is 6. The summed E-state index contributed by atoms with van der Waals surface area (Å²) in [4.78, 5) is 37.6. The van der Waals surface area contributed by atoms with Gasteiger partial charge in [-0.2, -0.15) is 0 Å². The molecule has 1 N–H and O–H groups in total. The van der Waals surface area contributed by atoms with E-state index in [1.54, 1.807) is 27.7 Å². The van der Waals surface area contributed by atoms with Crippen LogP contribution in [0.25, 0.3) is 0 Å². The van der Waals surface area contributed by atoms with E-state index in [-0.39, 0.29) is 80.8 Å². The standard InChI is InChI=1S/C28H45ClO7.6CH4/c1-8-28(29,23(33)35-19-15-18-12-13-27(19,7)25(18,4)5)17-26(6,16-24(2,3)21(30)31)22(32)36-20-11-9-10-14-34-20;;;;;;/h18-20H,8-17H2,1-7H3,(H,30,31);6*1H4. The smallest absolute Gasteiger partial charge is 0.327 e. The lowest BCUT2D eigenvalue weighted by molar-refractivity contribution is -0.199. The number of carboxylic acids is 1. The van der Waals surface area contributed by atoms with Crippen molar-refractivity contribution in [3.05, 3.63) is 0 Å². The van der Waals surface area contributed by atoms with Crippen molar-refractivity contribution in [1.82, 2.24) is 0 Å². The molecule has 0 amide bonds. The van der Waals surface area contributed by atoms with Crippen LogP contribution in [-0.2, 0) is 28.6 Å². The molecule has 1 saturated heterocycles. The molecular weight excluding hydrogens is 556 g/mol. The Morgan fingerprint density at radius 2 is 1.48 bits per heavy atom. The van der Waals surface area contributed by atoms with E-state index in [0.29, 0.717) is 18.9 Å². The summed E-state index contributed by atoms with van der Waals surface area (Å²) in [6, 6.07) is 0. The Labute approximate surface area is 265 Å². The number of carbonyl (C=O) groups excluding carboxylic acids is 2. The Bertz CT molecular complexity index is 866. The van der Waals surface area contributed by atoms with Gasteiger partial charge < -0.3 is 19.3 Å². The number of rotatable bonds is 10. The van der Waals surface area contributed by atoms with Gasteiger partial charge in [0, 0.05) is 11.8 Å². The predicted octanol–water partition coefficient (Wildman–Crippen LogP) is 9.92. The molecule has 254 valence electrons. The third-order valence-electron chi connectivity index (χ3n) is 9.84. The Balaban J connectivity index is -0.00000120. The van der Waals surface area contributed by atoms with Gasteiger partial charge in [-0.15, -0.1) is 11.6 Å². The van der Waals surface area contributed by atoms with Gasteiger partial charge >= 0.3 is 17.9 Å². The van der Waals surface area contributed by atoms with Gasteiger partial charge in [-0.05, 0) is 83.5 Å². The molecule has 2 bridgehead atoms. The van der Waals surface area contributed by atoms with Crippen LogP contribution in [-0.4, -0.2) is 46.9 Å².